The van der Waals surface area contributed by atoms with Crippen LogP contribution in [-0.4, -0.2) is 36.1 Å². The smallest absolute Gasteiger partial charge is 0.0210 e. The van der Waals surface area contributed by atoms with Crippen LogP contribution < -0.4 is 5.32 Å². The molecule has 1 N–H and O–H groups in total. The number of hydrogen-bond donors (Lipinski definition) is 1. The number of nitrogens with zero attached hydrogens (tertiary/aromatic N) is 1. The number of likely N-dealkylation sites (tertiary alicyclic amines) is 1. The van der Waals surface area contributed by atoms with E-state index in [4.69, 9.17) is 0 Å². The molecule has 2 atom stereocenters. The fourth-order valence-corrected chi connectivity index (χ4v) is 3.68. The summed E-state index contributed by atoms with van der Waals surface area (Å²) in [4.78, 5) is 2.74. The number of nitrogens with one attached hydrogen (secondary N) is 1. The predicted octanol–water partition coefficient (Wildman–Crippen LogP) is 4.34. The van der Waals surface area contributed by atoms with Gasteiger partial charge >= 0.3 is 0 Å². The Morgan fingerprint density at radius 2 is 1.60 bits per heavy atom. The topological polar surface area (TPSA) is 15.3 Å². The second kappa shape index (κ2) is 9.04. The van der Waals surface area contributed by atoms with Gasteiger partial charge in [-0.1, -0.05) is 51.9 Å². The lowest BCUT2D eigenvalue weighted by atomic mass is 10.1. The maximum atomic E-state index is 3.79. The van der Waals surface area contributed by atoms with Crippen LogP contribution in [0.15, 0.2) is 0 Å². The summed E-state index contributed by atoms with van der Waals surface area (Å²) in [6.45, 7) is 7.25. The van der Waals surface area contributed by atoms with E-state index in [1.54, 1.807) is 0 Å². The quantitative estimate of drug-likeness (QED) is 0.566. The van der Waals surface area contributed by atoms with Gasteiger partial charge in [-0.15, -0.1) is 0 Å². The molecule has 0 bridgehead atoms. The Bertz CT molecular complexity index is 250. The first-order valence-corrected chi connectivity index (χ1v) is 9.30. The summed E-state index contributed by atoms with van der Waals surface area (Å²) in [5, 5.41) is 3.79. The Balaban J connectivity index is 1.40. The Kier molecular flexibility index (Phi) is 7.37. The summed E-state index contributed by atoms with van der Waals surface area (Å²) >= 11 is 0. The van der Waals surface area contributed by atoms with Crippen LogP contribution >= 0.6 is 0 Å². The van der Waals surface area contributed by atoms with Crippen LogP contribution in [0.2, 0.25) is 0 Å². The van der Waals surface area contributed by atoms with E-state index in [2.05, 4.69) is 24.1 Å². The largest absolute Gasteiger partial charge is 0.313 e. The van der Waals surface area contributed by atoms with Gasteiger partial charge in [0, 0.05) is 24.7 Å². The third-order valence-electron chi connectivity index (χ3n) is 5.10. The summed E-state index contributed by atoms with van der Waals surface area (Å²) < 4.78 is 0. The van der Waals surface area contributed by atoms with E-state index in [0.717, 1.165) is 18.1 Å². The molecule has 2 aliphatic rings. The highest BCUT2D eigenvalue weighted by molar-refractivity contribution is 4.95. The van der Waals surface area contributed by atoms with Crippen molar-refractivity contribution in [2.45, 2.75) is 103 Å². The maximum Gasteiger partial charge on any atom is 0.0210 e. The molecule has 2 unspecified atom stereocenters. The van der Waals surface area contributed by atoms with E-state index in [9.17, 15) is 0 Å². The number of unbranched alkanes of at least 4 members (excludes halogenated alkanes) is 7. The van der Waals surface area contributed by atoms with Crippen molar-refractivity contribution >= 4 is 0 Å². The van der Waals surface area contributed by atoms with E-state index >= 15 is 0 Å². The summed E-state index contributed by atoms with van der Waals surface area (Å²) in [6, 6.07) is 2.54. The lowest BCUT2D eigenvalue weighted by molar-refractivity contribution is 0.255. The fraction of sp³-hybridized carbons (Fsp3) is 1.00. The monoisotopic (exact) mass is 280 g/mol. The summed E-state index contributed by atoms with van der Waals surface area (Å²) in [7, 11) is 0. The molecule has 2 nitrogen and oxygen atoms in total. The minimum atomic E-state index is 0.773. The molecular weight excluding hydrogens is 244 g/mol. The first-order valence-electron chi connectivity index (χ1n) is 9.30. The van der Waals surface area contributed by atoms with Crippen molar-refractivity contribution in [2.75, 3.05) is 13.1 Å². The molecule has 20 heavy (non-hydrogen) atoms. The summed E-state index contributed by atoms with van der Waals surface area (Å²) in [5.74, 6) is 0. The van der Waals surface area contributed by atoms with Gasteiger partial charge in [0.1, 0.15) is 0 Å². The van der Waals surface area contributed by atoms with E-state index in [1.807, 2.05) is 0 Å². The molecule has 0 aromatic carbocycles. The molecule has 0 spiro atoms. The Morgan fingerprint density at radius 1 is 0.950 bits per heavy atom. The zero-order chi connectivity index (χ0) is 14.2. The van der Waals surface area contributed by atoms with Crippen molar-refractivity contribution < 1.29 is 0 Å². The first kappa shape index (κ1) is 16.3. The average molecular weight is 281 g/mol. The van der Waals surface area contributed by atoms with Gasteiger partial charge in [-0.05, 0) is 39.2 Å². The third-order valence-corrected chi connectivity index (χ3v) is 5.10. The van der Waals surface area contributed by atoms with Crippen LogP contribution in [0.1, 0.15) is 84.5 Å². The molecule has 0 aromatic heterocycles. The highest BCUT2D eigenvalue weighted by atomic mass is 15.3. The van der Waals surface area contributed by atoms with Gasteiger partial charge in [-0.2, -0.15) is 0 Å². The number of rotatable bonds is 11. The van der Waals surface area contributed by atoms with Crippen LogP contribution in [0.3, 0.4) is 0 Å². The summed E-state index contributed by atoms with van der Waals surface area (Å²) in [6.07, 6.45) is 15.7. The van der Waals surface area contributed by atoms with E-state index < -0.39 is 0 Å². The molecule has 1 saturated carbocycles. The Morgan fingerprint density at radius 3 is 2.25 bits per heavy atom. The van der Waals surface area contributed by atoms with Crippen LogP contribution in [0.5, 0.6) is 0 Å². The maximum absolute atomic E-state index is 3.79. The van der Waals surface area contributed by atoms with Gasteiger partial charge < -0.3 is 5.32 Å². The lowest BCUT2D eigenvalue weighted by Gasteiger charge is -2.19. The van der Waals surface area contributed by atoms with Gasteiger partial charge in [0.25, 0.3) is 0 Å². The predicted molar refractivity (Wildman–Crippen MR) is 88.2 cm³/mol. The van der Waals surface area contributed by atoms with E-state index in [1.165, 1.54) is 83.7 Å². The van der Waals surface area contributed by atoms with Crippen molar-refractivity contribution in [3.05, 3.63) is 0 Å². The molecule has 1 aliphatic heterocycles. The van der Waals surface area contributed by atoms with Crippen LogP contribution in [0.4, 0.5) is 0 Å². The van der Waals surface area contributed by atoms with Gasteiger partial charge in [0.15, 0.2) is 0 Å². The van der Waals surface area contributed by atoms with Crippen molar-refractivity contribution in [3.8, 4) is 0 Å². The highest BCUT2D eigenvalue weighted by Crippen LogP contribution is 2.33. The average Bonchev–Trinajstić information content (AvgIpc) is 3.21. The Hall–Kier alpha value is -0.0800. The standard InChI is InChI=1S/C18H36N2/c1-3-4-5-6-7-8-9-10-13-19-17-14-16(2)20(15-17)18-11-12-18/h16-19H,3-15H2,1-2H3. The molecule has 0 amide bonds. The van der Waals surface area contributed by atoms with Crippen molar-refractivity contribution in [3.63, 3.8) is 0 Å². The van der Waals surface area contributed by atoms with Gasteiger partial charge in [-0.3, -0.25) is 4.90 Å². The first-order chi connectivity index (χ1) is 9.81. The van der Waals surface area contributed by atoms with Crippen molar-refractivity contribution in [1.82, 2.24) is 10.2 Å². The molecule has 1 heterocycles. The number of hydrogen-bond acceptors (Lipinski definition) is 2. The fourth-order valence-electron chi connectivity index (χ4n) is 3.68. The molecule has 2 fully saturated rings. The molecule has 0 radical (unpaired) electrons. The zero-order valence-corrected chi connectivity index (χ0v) is 13.9. The highest BCUT2D eigenvalue weighted by Gasteiger charge is 2.38. The van der Waals surface area contributed by atoms with Crippen molar-refractivity contribution in [2.24, 2.45) is 0 Å². The Labute approximate surface area is 126 Å². The lowest BCUT2D eigenvalue weighted by Crippen LogP contribution is -2.34. The summed E-state index contributed by atoms with van der Waals surface area (Å²) in [5.41, 5.74) is 0. The van der Waals surface area contributed by atoms with Crippen molar-refractivity contribution in [1.29, 1.82) is 0 Å². The van der Waals surface area contributed by atoms with E-state index in [0.29, 0.717) is 0 Å². The molecule has 1 aliphatic carbocycles. The van der Waals surface area contributed by atoms with Crippen LogP contribution in [-0.2, 0) is 0 Å². The molecule has 2 heteroatoms. The normalized spacial score (nSPS) is 27.3. The second-order valence-electron chi connectivity index (χ2n) is 7.14. The molecule has 1 saturated heterocycles. The SMILES string of the molecule is CCCCCCCCCCNC1CC(C)N(C2CC2)C1. The zero-order valence-electron chi connectivity index (χ0n) is 13.9. The molecule has 2 rings (SSSR count). The van der Waals surface area contributed by atoms with Gasteiger partial charge in [0.05, 0.1) is 0 Å². The molecular formula is C18H36N2. The third kappa shape index (κ3) is 5.73. The minimum Gasteiger partial charge on any atom is -0.313 e. The second-order valence-corrected chi connectivity index (χ2v) is 7.14. The van der Waals surface area contributed by atoms with Gasteiger partial charge in [-0.25, -0.2) is 0 Å². The van der Waals surface area contributed by atoms with E-state index in [-0.39, 0.29) is 0 Å². The molecule has 118 valence electrons. The van der Waals surface area contributed by atoms with Gasteiger partial charge in [0.2, 0.25) is 0 Å². The minimum absolute atomic E-state index is 0.773. The van der Waals surface area contributed by atoms with Crippen LogP contribution in [0, 0.1) is 0 Å². The van der Waals surface area contributed by atoms with Crippen LogP contribution in [0.25, 0.3) is 0 Å². The molecule has 0 aromatic rings.